The lowest BCUT2D eigenvalue weighted by atomic mass is 10.1. The third kappa shape index (κ3) is 5.51. The van der Waals surface area contributed by atoms with Gasteiger partial charge >= 0.3 is 6.18 Å². The van der Waals surface area contributed by atoms with E-state index in [1.807, 2.05) is 0 Å². The molecular formula is C20H20F3N7O4. The molecule has 2 amide bonds. The van der Waals surface area contributed by atoms with Crippen LogP contribution in [-0.4, -0.2) is 57.5 Å². The molecule has 14 heteroatoms. The van der Waals surface area contributed by atoms with Gasteiger partial charge in [-0.05, 0) is 25.0 Å². The number of ether oxygens (including phenoxy) is 1. The standard InChI is InChI=1S/C20H20F3N7O4/c21-20(22,23)10-26-15-7-11(1-4-25-15)19-28-14(9-34-19)18(32)27-13-8-30(29-16(13)17(24)31)12-2-5-33-6-3-12/h1,4,7-9,12H,2-3,5-6,10H2,(H2,24,31)(H,25,26)(H,27,32). The highest BCUT2D eigenvalue weighted by molar-refractivity contribution is 6.07. The highest BCUT2D eigenvalue weighted by Crippen LogP contribution is 2.25. The first-order valence-electron chi connectivity index (χ1n) is 10.2. The number of carbonyl (C=O) groups excluding carboxylic acids is 2. The van der Waals surface area contributed by atoms with Gasteiger partial charge in [-0.2, -0.15) is 18.3 Å². The van der Waals surface area contributed by atoms with E-state index in [-0.39, 0.29) is 34.8 Å². The van der Waals surface area contributed by atoms with Crippen LogP contribution in [0.3, 0.4) is 0 Å². The number of hydrogen-bond acceptors (Lipinski definition) is 8. The Morgan fingerprint density at radius 1 is 1.26 bits per heavy atom. The van der Waals surface area contributed by atoms with Crippen LogP contribution in [0.15, 0.2) is 35.2 Å². The zero-order chi connectivity index (χ0) is 24.3. The number of anilines is 2. The molecule has 0 unspecified atom stereocenters. The zero-order valence-corrected chi connectivity index (χ0v) is 17.6. The fourth-order valence-electron chi connectivity index (χ4n) is 3.35. The third-order valence-electron chi connectivity index (χ3n) is 4.99. The van der Waals surface area contributed by atoms with Crippen molar-refractivity contribution in [1.82, 2.24) is 19.7 Å². The number of hydrogen-bond donors (Lipinski definition) is 3. The first-order chi connectivity index (χ1) is 16.2. The maximum atomic E-state index is 12.7. The number of halogens is 3. The number of rotatable bonds is 7. The number of oxazole rings is 1. The van der Waals surface area contributed by atoms with Gasteiger partial charge in [0.25, 0.3) is 11.8 Å². The molecule has 3 aromatic rings. The molecule has 1 aliphatic rings. The smallest absolute Gasteiger partial charge is 0.405 e. The summed E-state index contributed by atoms with van der Waals surface area (Å²) < 4.78 is 49.5. The van der Waals surface area contributed by atoms with E-state index in [2.05, 4.69) is 25.7 Å². The Morgan fingerprint density at radius 3 is 2.74 bits per heavy atom. The van der Waals surface area contributed by atoms with Gasteiger partial charge < -0.3 is 25.5 Å². The molecule has 4 N–H and O–H groups in total. The quantitative estimate of drug-likeness (QED) is 0.468. The van der Waals surface area contributed by atoms with Crippen molar-refractivity contribution >= 4 is 23.3 Å². The van der Waals surface area contributed by atoms with Crippen LogP contribution in [0.25, 0.3) is 11.5 Å². The SMILES string of the molecule is NC(=O)c1nn(C2CCOCC2)cc1NC(=O)c1coc(-c2ccnc(NCC(F)(F)F)c2)n1. The van der Waals surface area contributed by atoms with Crippen molar-refractivity contribution in [3.8, 4) is 11.5 Å². The molecule has 0 saturated carbocycles. The number of alkyl halides is 3. The Hall–Kier alpha value is -3.94. The molecule has 0 aliphatic carbocycles. The Morgan fingerprint density at radius 2 is 2.03 bits per heavy atom. The van der Waals surface area contributed by atoms with E-state index in [1.165, 1.54) is 24.5 Å². The van der Waals surface area contributed by atoms with Gasteiger partial charge in [0.05, 0.1) is 11.7 Å². The number of carbonyl (C=O) groups is 2. The first kappa shape index (κ1) is 23.2. The summed E-state index contributed by atoms with van der Waals surface area (Å²) in [5, 5.41) is 8.92. The molecule has 0 aromatic carbocycles. The number of pyridine rings is 1. The summed E-state index contributed by atoms with van der Waals surface area (Å²) in [7, 11) is 0. The van der Waals surface area contributed by atoms with Gasteiger partial charge in [-0.15, -0.1) is 0 Å². The number of nitrogens with two attached hydrogens (primary N) is 1. The zero-order valence-electron chi connectivity index (χ0n) is 17.6. The molecule has 1 aliphatic heterocycles. The van der Waals surface area contributed by atoms with Gasteiger partial charge in [0.1, 0.15) is 18.6 Å². The van der Waals surface area contributed by atoms with E-state index >= 15 is 0 Å². The van der Waals surface area contributed by atoms with Crippen molar-refractivity contribution in [2.24, 2.45) is 5.73 Å². The van der Waals surface area contributed by atoms with Crippen molar-refractivity contribution in [3.05, 3.63) is 42.2 Å². The largest absolute Gasteiger partial charge is 0.444 e. The number of primary amides is 1. The predicted molar refractivity (Wildman–Crippen MR) is 112 cm³/mol. The van der Waals surface area contributed by atoms with Crippen LogP contribution < -0.4 is 16.4 Å². The van der Waals surface area contributed by atoms with Gasteiger partial charge in [-0.3, -0.25) is 14.3 Å². The van der Waals surface area contributed by atoms with Crippen molar-refractivity contribution in [1.29, 1.82) is 0 Å². The van der Waals surface area contributed by atoms with Crippen LogP contribution in [0.4, 0.5) is 24.7 Å². The van der Waals surface area contributed by atoms with Crippen LogP contribution in [0, 0.1) is 0 Å². The van der Waals surface area contributed by atoms with E-state index < -0.39 is 24.5 Å². The lowest BCUT2D eigenvalue weighted by Gasteiger charge is -2.22. The van der Waals surface area contributed by atoms with Crippen molar-refractivity contribution in [2.75, 3.05) is 30.4 Å². The van der Waals surface area contributed by atoms with E-state index in [0.717, 1.165) is 6.26 Å². The maximum absolute atomic E-state index is 12.7. The van der Waals surface area contributed by atoms with E-state index in [0.29, 0.717) is 31.6 Å². The molecule has 0 radical (unpaired) electrons. The molecule has 180 valence electrons. The molecule has 4 rings (SSSR count). The summed E-state index contributed by atoms with van der Waals surface area (Å²) in [6, 6.07) is 2.78. The lowest BCUT2D eigenvalue weighted by molar-refractivity contribution is -0.115. The molecule has 0 bridgehead atoms. The molecule has 11 nitrogen and oxygen atoms in total. The Labute approximate surface area is 190 Å². The van der Waals surface area contributed by atoms with E-state index in [4.69, 9.17) is 14.9 Å². The summed E-state index contributed by atoms with van der Waals surface area (Å²) >= 11 is 0. The Bertz CT molecular complexity index is 1190. The normalized spacial score (nSPS) is 14.7. The van der Waals surface area contributed by atoms with Crippen LogP contribution in [0.5, 0.6) is 0 Å². The molecular weight excluding hydrogens is 459 g/mol. The summed E-state index contributed by atoms with van der Waals surface area (Å²) in [5.41, 5.74) is 5.62. The Balaban J connectivity index is 1.49. The number of amides is 2. The van der Waals surface area contributed by atoms with Gasteiger partial charge in [-0.1, -0.05) is 0 Å². The molecule has 34 heavy (non-hydrogen) atoms. The van der Waals surface area contributed by atoms with Crippen molar-refractivity contribution in [3.63, 3.8) is 0 Å². The number of nitrogens with zero attached hydrogens (tertiary/aromatic N) is 4. The van der Waals surface area contributed by atoms with Gasteiger partial charge in [-0.25, -0.2) is 9.97 Å². The lowest BCUT2D eigenvalue weighted by Crippen LogP contribution is -2.21. The molecule has 1 saturated heterocycles. The topological polar surface area (TPSA) is 150 Å². The molecule has 1 fully saturated rings. The minimum absolute atomic E-state index is 0.00277. The van der Waals surface area contributed by atoms with Crippen LogP contribution >= 0.6 is 0 Å². The minimum Gasteiger partial charge on any atom is -0.444 e. The van der Waals surface area contributed by atoms with Crippen LogP contribution in [0.1, 0.15) is 39.9 Å². The first-order valence-corrected chi connectivity index (χ1v) is 10.2. The number of nitrogens with one attached hydrogen (secondary N) is 2. The van der Waals surface area contributed by atoms with Gasteiger partial charge in [0, 0.05) is 31.2 Å². The van der Waals surface area contributed by atoms with E-state index in [9.17, 15) is 22.8 Å². The average Bonchev–Trinajstić information content (AvgIpc) is 3.46. The summed E-state index contributed by atoms with van der Waals surface area (Å²) in [4.78, 5) is 32.4. The van der Waals surface area contributed by atoms with Crippen LogP contribution in [-0.2, 0) is 4.74 Å². The minimum atomic E-state index is -4.41. The second kappa shape index (κ2) is 9.51. The third-order valence-corrected chi connectivity index (χ3v) is 4.99. The van der Waals surface area contributed by atoms with Crippen LogP contribution in [0.2, 0.25) is 0 Å². The molecule has 0 atom stereocenters. The van der Waals surface area contributed by atoms with Crippen molar-refractivity contribution < 1.29 is 31.9 Å². The summed E-state index contributed by atoms with van der Waals surface area (Å²) in [6.07, 6.45) is 0.879. The second-order valence-electron chi connectivity index (χ2n) is 7.47. The van der Waals surface area contributed by atoms with Gasteiger partial charge in [0.15, 0.2) is 11.4 Å². The summed E-state index contributed by atoms with van der Waals surface area (Å²) in [6.45, 7) is -0.142. The average molecular weight is 479 g/mol. The van der Waals surface area contributed by atoms with E-state index in [1.54, 1.807) is 4.68 Å². The Kier molecular flexibility index (Phi) is 6.49. The molecule has 0 spiro atoms. The summed E-state index contributed by atoms with van der Waals surface area (Å²) in [5.74, 6) is -1.53. The predicted octanol–water partition coefficient (Wildman–Crippen LogP) is 2.61. The molecule has 3 aromatic heterocycles. The van der Waals surface area contributed by atoms with Crippen molar-refractivity contribution in [2.45, 2.75) is 25.1 Å². The fraction of sp³-hybridized carbons (Fsp3) is 0.350. The monoisotopic (exact) mass is 479 g/mol. The van der Waals surface area contributed by atoms with Gasteiger partial charge in [0.2, 0.25) is 5.89 Å². The number of aromatic nitrogens is 4. The highest BCUT2D eigenvalue weighted by atomic mass is 19.4. The highest BCUT2D eigenvalue weighted by Gasteiger charge is 2.27. The molecule has 4 heterocycles. The second-order valence-corrected chi connectivity index (χ2v) is 7.47. The maximum Gasteiger partial charge on any atom is 0.405 e. The fourth-order valence-corrected chi connectivity index (χ4v) is 3.35.